The van der Waals surface area contributed by atoms with Gasteiger partial charge in [0.05, 0.1) is 12.5 Å². The number of piperidine rings is 1. The Labute approximate surface area is 195 Å². The van der Waals surface area contributed by atoms with E-state index < -0.39 is 0 Å². The molecule has 1 fully saturated rings. The van der Waals surface area contributed by atoms with Crippen LogP contribution in [0, 0.1) is 5.92 Å². The molecule has 1 saturated heterocycles. The van der Waals surface area contributed by atoms with Crippen molar-refractivity contribution >= 4 is 27.5 Å². The number of halogens is 1. The lowest BCUT2D eigenvalue weighted by molar-refractivity contribution is -0.121. The van der Waals surface area contributed by atoms with Crippen molar-refractivity contribution in [2.75, 3.05) is 25.0 Å². The summed E-state index contributed by atoms with van der Waals surface area (Å²) in [4.78, 5) is 19.6. The third kappa shape index (κ3) is 5.83. The lowest BCUT2D eigenvalue weighted by Gasteiger charge is -2.30. The van der Waals surface area contributed by atoms with E-state index in [4.69, 9.17) is 9.26 Å². The number of amides is 1. The predicted molar refractivity (Wildman–Crippen MR) is 126 cm³/mol. The SMILES string of the molecule is C=CCOc1cccc(NC(=O)C2CCCN(Cc3nc(-c4cccc(Br)c4)no3)C2)c1. The van der Waals surface area contributed by atoms with Crippen LogP contribution in [0.4, 0.5) is 5.69 Å². The Kier molecular flexibility index (Phi) is 7.34. The van der Waals surface area contributed by atoms with Crippen molar-refractivity contribution in [2.45, 2.75) is 19.4 Å². The molecule has 8 heteroatoms. The third-order valence-electron chi connectivity index (χ3n) is 5.26. The van der Waals surface area contributed by atoms with Gasteiger partial charge in [0.2, 0.25) is 17.6 Å². The lowest BCUT2D eigenvalue weighted by Crippen LogP contribution is -2.40. The molecule has 0 spiro atoms. The number of carbonyl (C=O) groups is 1. The van der Waals surface area contributed by atoms with Gasteiger partial charge in [0.25, 0.3) is 0 Å². The fourth-order valence-corrected chi connectivity index (χ4v) is 4.13. The number of nitrogens with one attached hydrogen (secondary N) is 1. The number of benzene rings is 2. The van der Waals surface area contributed by atoms with Crippen LogP contribution in [0.5, 0.6) is 5.75 Å². The topological polar surface area (TPSA) is 80.5 Å². The number of nitrogens with zero attached hydrogens (tertiary/aromatic N) is 3. The van der Waals surface area contributed by atoms with E-state index in [1.165, 1.54) is 0 Å². The van der Waals surface area contributed by atoms with E-state index in [1.54, 1.807) is 6.08 Å². The number of hydrogen-bond acceptors (Lipinski definition) is 6. The number of ether oxygens (including phenoxy) is 1. The molecule has 7 nitrogen and oxygen atoms in total. The fraction of sp³-hybridized carbons (Fsp3) is 0.292. The molecule has 1 amide bonds. The summed E-state index contributed by atoms with van der Waals surface area (Å²) in [5, 5.41) is 7.12. The van der Waals surface area contributed by atoms with E-state index in [0.29, 0.717) is 37.2 Å². The Morgan fingerprint density at radius 1 is 1.31 bits per heavy atom. The van der Waals surface area contributed by atoms with Gasteiger partial charge in [-0.3, -0.25) is 9.69 Å². The first-order valence-corrected chi connectivity index (χ1v) is 11.4. The molecule has 0 aliphatic carbocycles. The first kappa shape index (κ1) is 22.2. The maximum Gasteiger partial charge on any atom is 0.241 e. The van der Waals surface area contributed by atoms with E-state index in [9.17, 15) is 4.79 Å². The van der Waals surface area contributed by atoms with Crippen LogP contribution in [0.1, 0.15) is 18.7 Å². The highest BCUT2D eigenvalue weighted by Gasteiger charge is 2.27. The molecule has 1 atom stereocenters. The lowest BCUT2D eigenvalue weighted by atomic mass is 9.97. The molecule has 0 saturated carbocycles. The maximum absolute atomic E-state index is 12.9. The van der Waals surface area contributed by atoms with Crippen LogP contribution in [0.15, 0.2) is 70.2 Å². The van der Waals surface area contributed by atoms with Gasteiger partial charge in [-0.05, 0) is 43.7 Å². The zero-order valence-corrected chi connectivity index (χ0v) is 19.3. The molecule has 4 rings (SSSR count). The van der Waals surface area contributed by atoms with Gasteiger partial charge in [-0.1, -0.05) is 51.9 Å². The standard InChI is InChI=1S/C24H25BrN4O3/c1-2-12-31-21-10-4-9-20(14-21)26-24(30)18-7-5-11-29(15-18)16-22-27-23(28-32-22)17-6-3-8-19(25)13-17/h2-4,6,8-10,13-14,18H,1,5,7,11-12,15-16H2,(H,26,30). The maximum atomic E-state index is 12.9. The molecule has 0 bridgehead atoms. The second-order valence-corrected chi connectivity index (χ2v) is 8.63. The van der Waals surface area contributed by atoms with Crippen molar-refractivity contribution in [1.82, 2.24) is 15.0 Å². The van der Waals surface area contributed by atoms with E-state index >= 15 is 0 Å². The van der Waals surface area contributed by atoms with E-state index in [1.807, 2.05) is 48.5 Å². The van der Waals surface area contributed by atoms with Crippen molar-refractivity contribution in [2.24, 2.45) is 5.92 Å². The highest BCUT2D eigenvalue weighted by atomic mass is 79.9. The Morgan fingerprint density at radius 3 is 3.03 bits per heavy atom. The van der Waals surface area contributed by atoms with Crippen molar-refractivity contribution in [3.63, 3.8) is 0 Å². The molecule has 1 N–H and O–H groups in total. The highest BCUT2D eigenvalue weighted by Crippen LogP contribution is 2.24. The van der Waals surface area contributed by atoms with Gasteiger partial charge in [0.1, 0.15) is 12.4 Å². The summed E-state index contributed by atoms with van der Waals surface area (Å²) < 4.78 is 12.0. The Bertz CT molecular complexity index is 1080. The van der Waals surface area contributed by atoms with E-state index in [2.05, 4.69) is 42.9 Å². The smallest absolute Gasteiger partial charge is 0.241 e. The number of hydrogen-bond donors (Lipinski definition) is 1. The van der Waals surface area contributed by atoms with Crippen molar-refractivity contribution in [1.29, 1.82) is 0 Å². The summed E-state index contributed by atoms with van der Waals surface area (Å²) in [5.41, 5.74) is 1.62. The van der Waals surface area contributed by atoms with E-state index in [0.717, 1.165) is 35.1 Å². The van der Waals surface area contributed by atoms with Gasteiger partial charge in [-0.25, -0.2) is 0 Å². The number of anilines is 1. The van der Waals surface area contributed by atoms with Crippen LogP contribution in [0.25, 0.3) is 11.4 Å². The largest absolute Gasteiger partial charge is 0.489 e. The average molecular weight is 497 g/mol. The molecule has 2 heterocycles. The molecule has 32 heavy (non-hydrogen) atoms. The second-order valence-electron chi connectivity index (χ2n) is 7.71. The first-order chi connectivity index (χ1) is 15.6. The summed E-state index contributed by atoms with van der Waals surface area (Å²) in [6, 6.07) is 15.2. The molecular weight excluding hydrogens is 472 g/mol. The molecule has 2 aromatic carbocycles. The number of likely N-dealkylation sites (tertiary alicyclic amines) is 1. The van der Waals surface area contributed by atoms with Gasteiger partial charge in [-0.15, -0.1) is 0 Å². The average Bonchev–Trinajstić information content (AvgIpc) is 3.26. The van der Waals surface area contributed by atoms with Crippen LogP contribution in [-0.4, -0.2) is 40.6 Å². The Balaban J connectivity index is 1.34. The van der Waals surface area contributed by atoms with Crippen LogP contribution in [0.2, 0.25) is 0 Å². The third-order valence-corrected chi connectivity index (χ3v) is 5.75. The van der Waals surface area contributed by atoms with Crippen molar-refractivity contribution in [3.05, 3.63) is 71.5 Å². The summed E-state index contributed by atoms with van der Waals surface area (Å²) in [7, 11) is 0. The Morgan fingerprint density at radius 2 is 2.19 bits per heavy atom. The predicted octanol–water partition coefficient (Wildman–Crippen LogP) is 4.91. The molecule has 3 aromatic rings. The van der Waals surface area contributed by atoms with Gasteiger partial charge >= 0.3 is 0 Å². The quantitative estimate of drug-likeness (QED) is 0.446. The minimum atomic E-state index is -0.103. The normalized spacial score (nSPS) is 16.5. The summed E-state index contributed by atoms with van der Waals surface area (Å²) in [5.74, 6) is 1.72. The van der Waals surface area contributed by atoms with Gasteiger partial charge in [-0.2, -0.15) is 4.98 Å². The molecule has 0 radical (unpaired) electrons. The zero-order valence-electron chi connectivity index (χ0n) is 17.7. The molecular formula is C24H25BrN4O3. The highest BCUT2D eigenvalue weighted by molar-refractivity contribution is 9.10. The van der Waals surface area contributed by atoms with Crippen LogP contribution < -0.4 is 10.1 Å². The van der Waals surface area contributed by atoms with Crippen LogP contribution in [0.3, 0.4) is 0 Å². The molecule has 1 aliphatic heterocycles. The van der Waals surface area contributed by atoms with Gasteiger partial charge < -0.3 is 14.6 Å². The molecule has 1 aliphatic rings. The molecule has 1 unspecified atom stereocenters. The number of rotatable bonds is 8. The number of carbonyl (C=O) groups excluding carboxylic acids is 1. The van der Waals surface area contributed by atoms with Gasteiger partial charge in [0, 0.05) is 28.3 Å². The minimum absolute atomic E-state index is 0.0101. The number of aromatic nitrogens is 2. The van der Waals surface area contributed by atoms with Crippen LogP contribution >= 0.6 is 15.9 Å². The van der Waals surface area contributed by atoms with Crippen molar-refractivity contribution < 1.29 is 14.1 Å². The minimum Gasteiger partial charge on any atom is -0.489 e. The van der Waals surface area contributed by atoms with Crippen LogP contribution in [-0.2, 0) is 11.3 Å². The van der Waals surface area contributed by atoms with Gasteiger partial charge in [0.15, 0.2) is 0 Å². The monoisotopic (exact) mass is 496 g/mol. The van der Waals surface area contributed by atoms with E-state index in [-0.39, 0.29) is 11.8 Å². The zero-order chi connectivity index (χ0) is 22.3. The summed E-state index contributed by atoms with van der Waals surface area (Å²) in [6.07, 6.45) is 3.47. The second kappa shape index (κ2) is 10.6. The van der Waals surface area contributed by atoms with Crippen molar-refractivity contribution in [3.8, 4) is 17.1 Å². The summed E-state index contributed by atoms with van der Waals surface area (Å²) >= 11 is 3.46. The molecule has 166 valence electrons. The first-order valence-electron chi connectivity index (χ1n) is 10.6. The summed E-state index contributed by atoms with van der Waals surface area (Å²) in [6.45, 7) is 6.13. The fourth-order valence-electron chi connectivity index (χ4n) is 3.73. The Hall–Kier alpha value is -2.97. The molecule has 1 aromatic heterocycles.